The highest BCUT2D eigenvalue weighted by molar-refractivity contribution is 6.33. The summed E-state index contributed by atoms with van der Waals surface area (Å²) in [6.45, 7) is 3.83. The van der Waals surface area contributed by atoms with Gasteiger partial charge in [0.25, 0.3) is 11.5 Å². The minimum absolute atomic E-state index is 0.267. The van der Waals surface area contributed by atoms with Crippen LogP contribution in [0, 0.1) is 13.8 Å². The van der Waals surface area contributed by atoms with Crippen molar-refractivity contribution in [1.29, 1.82) is 0 Å². The van der Waals surface area contributed by atoms with E-state index in [1.165, 1.54) is 10.8 Å². The number of fused-ring (bicyclic) bond motifs is 1. The average molecular weight is 446 g/mol. The number of halogens is 1. The van der Waals surface area contributed by atoms with E-state index in [0.29, 0.717) is 27.0 Å². The number of hydrogen-bond donors (Lipinski definition) is 2. The van der Waals surface area contributed by atoms with Gasteiger partial charge in [0, 0.05) is 10.8 Å². The fourth-order valence-corrected chi connectivity index (χ4v) is 3.85. The van der Waals surface area contributed by atoms with Gasteiger partial charge in [0.2, 0.25) is 5.88 Å². The van der Waals surface area contributed by atoms with Crippen molar-refractivity contribution < 1.29 is 9.90 Å². The summed E-state index contributed by atoms with van der Waals surface area (Å²) >= 11 is 6.06. The minimum Gasteiger partial charge on any atom is -0.494 e. The summed E-state index contributed by atoms with van der Waals surface area (Å²) in [7, 11) is 0. The number of rotatable bonds is 4. The first-order valence-electron chi connectivity index (χ1n) is 9.90. The van der Waals surface area contributed by atoms with E-state index in [1.807, 2.05) is 26.0 Å². The monoisotopic (exact) mass is 445 g/mol. The van der Waals surface area contributed by atoms with Gasteiger partial charge >= 0.3 is 0 Å². The van der Waals surface area contributed by atoms with E-state index in [0.717, 1.165) is 11.1 Å². The van der Waals surface area contributed by atoms with Crippen LogP contribution in [0.2, 0.25) is 5.02 Å². The Morgan fingerprint density at radius 3 is 2.44 bits per heavy atom. The number of nitrogens with zero attached hydrogens (tertiary/aromatic N) is 2. The Hall–Kier alpha value is -3.90. The summed E-state index contributed by atoms with van der Waals surface area (Å²) in [4.78, 5) is 25.6. The molecule has 0 saturated carbocycles. The molecule has 7 heteroatoms. The van der Waals surface area contributed by atoms with Crippen LogP contribution in [0.15, 0.2) is 76.6 Å². The van der Waals surface area contributed by atoms with Crippen molar-refractivity contribution in [2.24, 2.45) is 5.10 Å². The summed E-state index contributed by atoms with van der Waals surface area (Å²) < 4.78 is 1.26. The standard InChI is InChI=1S/C25H20ClN3O3/c1-15-11-12-22(16(2)13-15)29-24(31)18-8-4-3-7-17(18)20(25(29)32)14-27-28-23(30)19-9-5-6-10-21(19)26/h3-14,32H,1-2H3,(H,28,30). The van der Waals surface area contributed by atoms with Crippen molar-refractivity contribution in [1.82, 2.24) is 9.99 Å². The van der Waals surface area contributed by atoms with Crippen LogP contribution >= 0.6 is 11.6 Å². The van der Waals surface area contributed by atoms with Crippen LogP contribution in [0.25, 0.3) is 16.5 Å². The molecule has 3 aromatic carbocycles. The molecular formula is C25H20ClN3O3. The zero-order valence-corrected chi connectivity index (χ0v) is 18.2. The van der Waals surface area contributed by atoms with Crippen LogP contribution in [0.4, 0.5) is 0 Å². The first kappa shape index (κ1) is 21.3. The number of aromatic hydroxyl groups is 1. The number of hydrogen-bond acceptors (Lipinski definition) is 4. The van der Waals surface area contributed by atoms with Gasteiger partial charge in [-0.05, 0) is 43.7 Å². The van der Waals surface area contributed by atoms with Gasteiger partial charge < -0.3 is 5.11 Å². The molecule has 0 radical (unpaired) electrons. The van der Waals surface area contributed by atoms with E-state index < -0.39 is 5.91 Å². The van der Waals surface area contributed by atoms with E-state index in [1.54, 1.807) is 54.6 Å². The number of nitrogens with one attached hydrogen (secondary N) is 1. The molecule has 1 aromatic heterocycles. The van der Waals surface area contributed by atoms with Crippen LogP contribution < -0.4 is 11.0 Å². The Kier molecular flexibility index (Phi) is 5.79. The molecule has 32 heavy (non-hydrogen) atoms. The lowest BCUT2D eigenvalue weighted by atomic mass is 10.1. The second kappa shape index (κ2) is 8.69. The molecule has 0 unspecified atom stereocenters. The summed E-state index contributed by atoms with van der Waals surface area (Å²) in [5.74, 6) is -0.755. The van der Waals surface area contributed by atoms with E-state index >= 15 is 0 Å². The molecule has 0 fully saturated rings. The lowest BCUT2D eigenvalue weighted by molar-refractivity contribution is 0.0955. The van der Waals surface area contributed by atoms with Crippen LogP contribution in [-0.4, -0.2) is 21.8 Å². The lowest BCUT2D eigenvalue weighted by Crippen LogP contribution is -2.21. The van der Waals surface area contributed by atoms with Gasteiger partial charge in [-0.25, -0.2) is 9.99 Å². The number of carbonyl (C=O) groups is 1. The SMILES string of the molecule is Cc1ccc(-n2c(O)c(C=NNC(=O)c3ccccc3Cl)c3ccccc3c2=O)c(C)c1. The van der Waals surface area contributed by atoms with Gasteiger partial charge in [-0.1, -0.05) is 59.6 Å². The van der Waals surface area contributed by atoms with E-state index in [2.05, 4.69) is 10.5 Å². The second-order valence-corrected chi connectivity index (χ2v) is 7.80. The molecule has 2 N–H and O–H groups in total. The van der Waals surface area contributed by atoms with Crippen molar-refractivity contribution in [2.75, 3.05) is 0 Å². The molecule has 0 bridgehead atoms. The predicted molar refractivity (Wildman–Crippen MR) is 127 cm³/mol. The molecule has 0 aliphatic carbocycles. The number of pyridine rings is 1. The number of hydrazone groups is 1. The zero-order valence-electron chi connectivity index (χ0n) is 17.5. The summed E-state index contributed by atoms with van der Waals surface area (Å²) in [5, 5.41) is 16.3. The van der Waals surface area contributed by atoms with Crippen LogP contribution in [-0.2, 0) is 0 Å². The third-order valence-electron chi connectivity index (χ3n) is 5.17. The third-order valence-corrected chi connectivity index (χ3v) is 5.50. The molecule has 0 spiro atoms. The maximum Gasteiger partial charge on any atom is 0.272 e. The fraction of sp³-hybridized carbons (Fsp3) is 0.0800. The van der Waals surface area contributed by atoms with Crippen molar-refractivity contribution >= 4 is 34.5 Å². The molecule has 1 amide bonds. The smallest absolute Gasteiger partial charge is 0.272 e. The van der Waals surface area contributed by atoms with Gasteiger partial charge in [-0.2, -0.15) is 5.10 Å². The Morgan fingerprint density at radius 2 is 1.72 bits per heavy atom. The molecule has 6 nitrogen and oxygen atoms in total. The van der Waals surface area contributed by atoms with Crippen molar-refractivity contribution in [3.05, 3.63) is 104 Å². The molecule has 0 atom stereocenters. The van der Waals surface area contributed by atoms with Gasteiger partial charge in [-0.15, -0.1) is 0 Å². The van der Waals surface area contributed by atoms with Crippen molar-refractivity contribution in [3.63, 3.8) is 0 Å². The predicted octanol–water partition coefficient (Wildman–Crippen LogP) is 4.73. The Bertz CT molecular complexity index is 1440. The maximum absolute atomic E-state index is 13.2. The molecule has 1 heterocycles. The summed E-state index contributed by atoms with van der Waals surface area (Å²) in [5.41, 5.74) is 5.11. The molecule has 4 rings (SSSR count). The summed E-state index contributed by atoms with van der Waals surface area (Å²) in [6, 6.07) is 19.2. The largest absolute Gasteiger partial charge is 0.494 e. The molecule has 0 saturated heterocycles. The van der Waals surface area contributed by atoms with Gasteiger partial charge in [0.15, 0.2) is 0 Å². The highest BCUT2D eigenvalue weighted by Crippen LogP contribution is 2.27. The van der Waals surface area contributed by atoms with Gasteiger partial charge in [0.1, 0.15) is 0 Å². The third kappa shape index (κ3) is 3.88. The van der Waals surface area contributed by atoms with Crippen LogP contribution in [0.3, 0.4) is 0 Å². The molecule has 0 aliphatic rings. The molecule has 4 aromatic rings. The highest BCUT2D eigenvalue weighted by atomic mass is 35.5. The normalized spacial score (nSPS) is 11.2. The van der Waals surface area contributed by atoms with Gasteiger partial charge in [-0.3, -0.25) is 9.59 Å². The number of amides is 1. The fourth-order valence-electron chi connectivity index (χ4n) is 3.63. The molecular weight excluding hydrogens is 426 g/mol. The topological polar surface area (TPSA) is 83.7 Å². The number of carbonyl (C=O) groups excluding carboxylic acids is 1. The van der Waals surface area contributed by atoms with E-state index in [-0.39, 0.29) is 17.0 Å². The number of benzene rings is 3. The Labute approximate surface area is 189 Å². The van der Waals surface area contributed by atoms with Gasteiger partial charge in [0.05, 0.1) is 28.1 Å². The van der Waals surface area contributed by atoms with Crippen molar-refractivity contribution in [2.45, 2.75) is 13.8 Å². The van der Waals surface area contributed by atoms with Crippen LogP contribution in [0.1, 0.15) is 27.0 Å². The number of aryl methyl sites for hydroxylation is 2. The quantitative estimate of drug-likeness (QED) is 0.352. The maximum atomic E-state index is 13.2. The zero-order chi connectivity index (χ0) is 22.8. The average Bonchev–Trinajstić information content (AvgIpc) is 2.77. The van der Waals surface area contributed by atoms with E-state index in [4.69, 9.17) is 11.6 Å². The first-order chi connectivity index (χ1) is 15.4. The number of aromatic nitrogens is 1. The Balaban J connectivity index is 1.82. The molecule has 0 aliphatic heterocycles. The first-order valence-corrected chi connectivity index (χ1v) is 10.3. The molecule has 160 valence electrons. The van der Waals surface area contributed by atoms with E-state index in [9.17, 15) is 14.7 Å². The minimum atomic E-state index is -0.488. The lowest BCUT2D eigenvalue weighted by Gasteiger charge is -2.16. The van der Waals surface area contributed by atoms with Crippen LogP contribution in [0.5, 0.6) is 5.88 Å². The van der Waals surface area contributed by atoms with Crippen molar-refractivity contribution in [3.8, 4) is 11.6 Å². The second-order valence-electron chi connectivity index (χ2n) is 7.39. The Morgan fingerprint density at radius 1 is 1.03 bits per heavy atom. The summed E-state index contributed by atoms with van der Waals surface area (Å²) in [6.07, 6.45) is 1.33. The highest BCUT2D eigenvalue weighted by Gasteiger charge is 2.17.